The maximum Gasteiger partial charge on any atom is 0.509 e. The second kappa shape index (κ2) is 15.2. The van der Waals surface area contributed by atoms with Crippen LogP contribution in [0, 0.1) is 5.92 Å². The zero-order valence-electron chi connectivity index (χ0n) is 29.9. The minimum atomic E-state index is -1.59. The molecular weight excluding hydrogens is 712 g/mol. The lowest BCUT2D eigenvalue weighted by atomic mass is 9.89. The number of cyclic esters (lactones) is 1. The molecule has 3 heterocycles. The number of hydrogen-bond acceptors (Lipinski definition) is 16. The number of rotatable bonds is 12. The summed E-state index contributed by atoms with van der Waals surface area (Å²) in [6, 6.07) is 8.65. The summed E-state index contributed by atoms with van der Waals surface area (Å²) in [4.78, 5) is 52.5. The summed E-state index contributed by atoms with van der Waals surface area (Å²) in [6.07, 6.45) is -6.60. The van der Waals surface area contributed by atoms with Gasteiger partial charge in [-0.2, -0.15) is 0 Å². The van der Waals surface area contributed by atoms with Gasteiger partial charge in [-0.15, -0.1) is 0 Å². The predicted molar refractivity (Wildman–Crippen MR) is 184 cm³/mol. The smallest absolute Gasteiger partial charge is 0.493 e. The molecule has 7 rings (SSSR count). The molecule has 16 nitrogen and oxygen atoms in total. The SMILES string of the molecule is C=CCOC(=O)O[C@H]1C(Oc2c3c(c(-c4ccc5c(c4)OCO5)c4cc(OC)c(OC)cc24)C(=O)OC3)O[C@H](C)[C@@H](OC(=O)OCC)[C@@H]1OC(=O)C1CC1. The highest BCUT2D eigenvalue weighted by Crippen LogP contribution is 2.50. The summed E-state index contributed by atoms with van der Waals surface area (Å²) in [5.74, 6) is 0.217. The molecule has 286 valence electrons. The Morgan fingerprint density at radius 3 is 2.26 bits per heavy atom. The van der Waals surface area contributed by atoms with Crippen LogP contribution in [0.1, 0.15) is 42.6 Å². The molecule has 3 aliphatic heterocycles. The van der Waals surface area contributed by atoms with Crippen molar-refractivity contribution in [3.63, 3.8) is 0 Å². The Morgan fingerprint density at radius 2 is 1.56 bits per heavy atom. The van der Waals surface area contributed by atoms with Gasteiger partial charge in [0.15, 0.2) is 35.2 Å². The lowest BCUT2D eigenvalue weighted by molar-refractivity contribution is -0.276. The normalized spacial score (nSPS) is 22.4. The van der Waals surface area contributed by atoms with Gasteiger partial charge in [0.05, 0.1) is 32.3 Å². The van der Waals surface area contributed by atoms with E-state index in [0.717, 1.165) is 0 Å². The highest BCUT2D eigenvalue weighted by molar-refractivity contribution is 6.14. The highest BCUT2D eigenvalue weighted by atomic mass is 16.8. The third kappa shape index (κ3) is 6.96. The molecule has 0 aromatic heterocycles. The Bertz CT molecular complexity index is 1990. The van der Waals surface area contributed by atoms with Crippen molar-refractivity contribution in [1.29, 1.82) is 0 Å². The van der Waals surface area contributed by atoms with E-state index in [4.69, 9.17) is 56.8 Å². The molecule has 4 aliphatic rings. The molecule has 0 radical (unpaired) electrons. The standard InChI is InChI=1S/C38H38O16/c1-6-12-46-38(42)54-33-32(51-34(39)19-8-9-19)30(53-37(41)45-7-2)18(3)50-36(33)52-31-22-15-26(44-5)25(43-4)14-21(22)28(29-23(31)16-47-35(29)40)20-10-11-24-27(13-20)49-17-48-24/h6,10-11,13-15,18-19,30,32-33,36H,1,7-9,12,16-17H2,2-5H3/t18-,30-,32+,33-,36?/m1/s1. The van der Waals surface area contributed by atoms with E-state index in [1.807, 2.05) is 0 Å². The molecule has 3 aromatic carbocycles. The first kappa shape index (κ1) is 36.5. The third-order valence-corrected chi connectivity index (χ3v) is 9.25. The molecule has 5 atom stereocenters. The Balaban J connectivity index is 1.38. The zero-order chi connectivity index (χ0) is 38.1. The Hall–Kier alpha value is -5.90. The maximum absolute atomic E-state index is 13.6. The molecular formula is C38H38O16. The summed E-state index contributed by atoms with van der Waals surface area (Å²) in [5, 5.41) is 0.920. The molecule has 2 fully saturated rings. The number of carbonyl (C=O) groups excluding carboxylic acids is 4. The van der Waals surface area contributed by atoms with Crippen LogP contribution < -0.4 is 23.7 Å². The summed E-state index contributed by atoms with van der Waals surface area (Å²) in [6.45, 7) is 6.35. The van der Waals surface area contributed by atoms with Crippen LogP contribution in [-0.2, 0) is 44.6 Å². The van der Waals surface area contributed by atoms with Gasteiger partial charge in [-0.05, 0) is 61.9 Å². The van der Waals surface area contributed by atoms with Crippen LogP contribution in [0.4, 0.5) is 9.59 Å². The fraction of sp³-hybridized carbons (Fsp3) is 0.421. The molecule has 1 aliphatic carbocycles. The molecule has 0 bridgehead atoms. The second-order valence-electron chi connectivity index (χ2n) is 12.7. The number of benzene rings is 3. The van der Waals surface area contributed by atoms with Gasteiger partial charge >= 0.3 is 24.2 Å². The molecule has 1 unspecified atom stereocenters. The Morgan fingerprint density at radius 1 is 0.852 bits per heavy atom. The summed E-state index contributed by atoms with van der Waals surface area (Å²) in [7, 11) is 2.95. The molecule has 16 heteroatoms. The number of esters is 2. The van der Waals surface area contributed by atoms with Crippen LogP contribution in [-0.4, -0.2) is 89.2 Å². The van der Waals surface area contributed by atoms with E-state index in [1.54, 1.807) is 44.2 Å². The van der Waals surface area contributed by atoms with Crippen molar-refractivity contribution in [3.05, 3.63) is 54.1 Å². The van der Waals surface area contributed by atoms with Crippen molar-refractivity contribution in [1.82, 2.24) is 0 Å². The van der Waals surface area contributed by atoms with Gasteiger partial charge in [-0.1, -0.05) is 18.7 Å². The van der Waals surface area contributed by atoms with Gasteiger partial charge in [0.1, 0.15) is 25.1 Å². The number of ether oxygens (including phenoxy) is 12. The van der Waals surface area contributed by atoms with Gasteiger partial charge in [-0.25, -0.2) is 14.4 Å². The van der Waals surface area contributed by atoms with Crippen LogP contribution in [0.5, 0.6) is 28.7 Å². The van der Waals surface area contributed by atoms with Crippen molar-refractivity contribution in [3.8, 4) is 39.9 Å². The van der Waals surface area contributed by atoms with Crippen molar-refractivity contribution in [2.75, 3.05) is 34.2 Å². The topological polar surface area (TPSA) is 179 Å². The molecule has 1 saturated carbocycles. The average molecular weight is 751 g/mol. The van der Waals surface area contributed by atoms with E-state index >= 15 is 0 Å². The lowest BCUT2D eigenvalue weighted by Crippen LogP contribution is -2.62. The first-order valence-corrected chi connectivity index (χ1v) is 17.3. The number of carbonyl (C=O) groups is 4. The summed E-state index contributed by atoms with van der Waals surface area (Å²) >= 11 is 0. The first-order chi connectivity index (χ1) is 26.1. The van der Waals surface area contributed by atoms with Crippen LogP contribution >= 0.6 is 0 Å². The van der Waals surface area contributed by atoms with Crippen molar-refractivity contribution < 1.29 is 76.0 Å². The fourth-order valence-electron chi connectivity index (χ4n) is 6.59. The number of methoxy groups -OCH3 is 2. The monoisotopic (exact) mass is 750 g/mol. The predicted octanol–water partition coefficient (Wildman–Crippen LogP) is 5.62. The van der Waals surface area contributed by atoms with E-state index in [0.29, 0.717) is 63.3 Å². The second-order valence-corrected chi connectivity index (χ2v) is 12.7. The van der Waals surface area contributed by atoms with Gasteiger partial charge in [0, 0.05) is 16.5 Å². The molecule has 0 amide bonds. The van der Waals surface area contributed by atoms with Gasteiger partial charge in [-0.3, -0.25) is 4.79 Å². The third-order valence-electron chi connectivity index (χ3n) is 9.25. The van der Waals surface area contributed by atoms with E-state index in [-0.39, 0.29) is 43.8 Å². The van der Waals surface area contributed by atoms with Crippen LogP contribution in [0.2, 0.25) is 0 Å². The average Bonchev–Trinajstić information content (AvgIpc) is 3.80. The molecule has 0 spiro atoms. The maximum atomic E-state index is 13.6. The van der Waals surface area contributed by atoms with Gasteiger partial charge in [0.2, 0.25) is 19.2 Å². The molecule has 3 aromatic rings. The minimum Gasteiger partial charge on any atom is -0.493 e. The van der Waals surface area contributed by atoms with Crippen molar-refractivity contribution >= 4 is 35.0 Å². The van der Waals surface area contributed by atoms with Crippen LogP contribution in [0.3, 0.4) is 0 Å². The van der Waals surface area contributed by atoms with E-state index in [9.17, 15) is 19.2 Å². The largest absolute Gasteiger partial charge is 0.509 e. The van der Waals surface area contributed by atoms with E-state index in [2.05, 4.69) is 6.58 Å². The van der Waals surface area contributed by atoms with Crippen molar-refractivity contribution in [2.24, 2.45) is 5.92 Å². The Kier molecular flexibility index (Phi) is 10.3. The molecule has 54 heavy (non-hydrogen) atoms. The van der Waals surface area contributed by atoms with E-state index < -0.39 is 55.0 Å². The van der Waals surface area contributed by atoms with Crippen LogP contribution in [0.15, 0.2) is 43.0 Å². The number of fused-ring (bicyclic) bond motifs is 3. The number of hydrogen-bond donors (Lipinski definition) is 0. The summed E-state index contributed by atoms with van der Waals surface area (Å²) in [5.41, 5.74) is 1.63. The molecule has 1 saturated heterocycles. The zero-order valence-corrected chi connectivity index (χ0v) is 29.9. The lowest BCUT2D eigenvalue weighted by Gasteiger charge is -2.43. The molecule has 0 N–H and O–H groups in total. The fourth-order valence-corrected chi connectivity index (χ4v) is 6.59. The van der Waals surface area contributed by atoms with Gasteiger partial charge < -0.3 is 56.8 Å². The highest BCUT2D eigenvalue weighted by Gasteiger charge is 2.54. The quantitative estimate of drug-likeness (QED) is 0.126. The van der Waals surface area contributed by atoms with Crippen LogP contribution in [0.25, 0.3) is 21.9 Å². The summed E-state index contributed by atoms with van der Waals surface area (Å²) < 4.78 is 68.4. The minimum absolute atomic E-state index is 0.00232. The first-order valence-electron chi connectivity index (χ1n) is 17.3. The van der Waals surface area contributed by atoms with Gasteiger partial charge in [0.25, 0.3) is 0 Å². The van der Waals surface area contributed by atoms with Crippen molar-refractivity contribution in [2.45, 2.75) is 64.0 Å². The van der Waals surface area contributed by atoms with E-state index in [1.165, 1.54) is 20.3 Å². The Labute approximate surface area is 308 Å².